The zero-order valence-corrected chi connectivity index (χ0v) is 22.7. The van der Waals surface area contributed by atoms with Gasteiger partial charge < -0.3 is 24.8 Å². The van der Waals surface area contributed by atoms with E-state index < -0.39 is 0 Å². The van der Waals surface area contributed by atoms with Crippen LogP contribution in [0.5, 0.6) is 0 Å². The van der Waals surface area contributed by atoms with E-state index in [1.54, 1.807) is 4.90 Å². The molecule has 0 spiro atoms. The summed E-state index contributed by atoms with van der Waals surface area (Å²) in [5, 5.41) is 3.26. The first-order chi connectivity index (χ1) is 18.6. The van der Waals surface area contributed by atoms with Crippen LogP contribution in [0, 0.1) is 0 Å². The predicted octanol–water partition coefficient (Wildman–Crippen LogP) is 1.08. The number of rotatable bonds is 6. The van der Waals surface area contributed by atoms with Crippen molar-refractivity contribution in [1.82, 2.24) is 29.8 Å². The maximum Gasteiger partial charge on any atom is 0.410 e. The van der Waals surface area contributed by atoms with Crippen LogP contribution in [0.4, 0.5) is 4.79 Å². The lowest BCUT2D eigenvalue weighted by Crippen LogP contribution is -2.52. The molecule has 4 heterocycles. The predicted molar refractivity (Wildman–Crippen MR) is 146 cm³/mol. The Kier molecular flexibility index (Phi) is 11.2. The standard InChI is InChI=1S/C18H25N3O3.C10H19N3O/c22-17(14-19-8-4-5-9-19)20-10-12-21(13-11-20)18(23)24-15-16-6-2-1-3-7-16;14-10(9-12-5-1-2-6-12)13-7-3-11-4-8-13/h1-3,6-7H,4-5,8-15H2;11H,1-9H2. The van der Waals surface area contributed by atoms with E-state index >= 15 is 0 Å². The fourth-order valence-electron chi connectivity index (χ4n) is 5.33. The second-order valence-corrected chi connectivity index (χ2v) is 10.5. The highest BCUT2D eigenvalue weighted by Gasteiger charge is 2.26. The molecule has 0 unspecified atom stereocenters. The van der Waals surface area contributed by atoms with Gasteiger partial charge in [0.15, 0.2) is 0 Å². The lowest BCUT2D eigenvalue weighted by molar-refractivity contribution is -0.134. The molecule has 4 fully saturated rings. The van der Waals surface area contributed by atoms with Crippen LogP contribution in [0.3, 0.4) is 0 Å². The molecule has 0 saturated carbocycles. The van der Waals surface area contributed by atoms with Gasteiger partial charge in [-0.1, -0.05) is 30.3 Å². The summed E-state index contributed by atoms with van der Waals surface area (Å²) in [6.07, 6.45) is 4.59. The molecule has 10 nitrogen and oxygen atoms in total. The lowest BCUT2D eigenvalue weighted by Gasteiger charge is -2.34. The normalized spacial score (nSPS) is 20.7. The van der Waals surface area contributed by atoms with Crippen LogP contribution in [0.15, 0.2) is 30.3 Å². The number of piperazine rings is 2. The summed E-state index contributed by atoms with van der Waals surface area (Å²) in [5.41, 5.74) is 0.977. The topological polar surface area (TPSA) is 88.7 Å². The van der Waals surface area contributed by atoms with Crippen LogP contribution in [-0.2, 0) is 20.9 Å². The van der Waals surface area contributed by atoms with E-state index in [9.17, 15) is 14.4 Å². The smallest absolute Gasteiger partial charge is 0.410 e. The molecule has 10 heteroatoms. The molecule has 1 aromatic carbocycles. The molecule has 1 aromatic rings. The Morgan fingerprint density at radius 2 is 1.11 bits per heavy atom. The van der Waals surface area contributed by atoms with Gasteiger partial charge in [0, 0.05) is 52.4 Å². The Labute approximate surface area is 226 Å². The van der Waals surface area contributed by atoms with Crippen LogP contribution in [-0.4, -0.2) is 134 Å². The fraction of sp³-hybridized carbons (Fsp3) is 0.679. The molecule has 4 aliphatic rings. The highest BCUT2D eigenvalue weighted by molar-refractivity contribution is 5.79. The summed E-state index contributed by atoms with van der Waals surface area (Å²) < 4.78 is 5.35. The first kappa shape index (κ1) is 28.3. The summed E-state index contributed by atoms with van der Waals surface area (Å²) in [5.74, 6) is 0.489. The molecule has 0 aromatic heterocycles. The quantitative estimate of drug-likeness (QED) is 0.591. The summed E-state index contributed by atoms with van der Waals surface area (Å²) in [7, 11) is 0. The van der Waals surface area contributed by atoms with Crippen LogP contribution in [0.1, 0.15) is 31.2 Å². The zero-order valence-electron chi connectivity index (χ0n) is 22.7. The van der Waals surface area contributed by atoms with E-state index in [4.69, 9.17) is 4.74 Å². The van der Waals surface area contributed by atoms with Crippen molar-refractivity contribution in [2.75, 3.05) is 91.6 Å². The van der Waals surface area contributed by atoms with E-state index in [2.05, 4.69) is 15.1 Å². The minimum absolute atomic E-state index is 0.175. The van der Waals surface area contributed by atoms with Gasteiger partial charge in [-0.05, 0) is 57.4 Å². The number of carbonyl (C=O) groups excluding carboxylic acids is 3. The van der Waals surface area contributed by atoms with Gasteiger partial charge in [-0.25, -0.2) is 4.79 Å². The maximum atomic E-state index is 12.3. The van der Waals surface area contributed by atoms with Gasteiger partial charge in [-0.15, -0.1) is 0 Å². The van der Waals surface area contributed by atoms with E-state index in [0.29, 0.717) is 45.2 Å². The van der Waals surface area contributed by atoms with Crippen molar-refractivity contribution >= 4 is 17.9 Å². The molecule has 3 amide bonds. The van der Waals surface area contributed by atoms with E-state index in [-0.39, 0.29) is 18.6 Å². The molecule has 0 bridgehead atoms. The average Bonchev–Trinajstić information content (AvgIpc) is 3.68. The summed E-state index contributed by atoms with van der Waals surface area (Å²) in [4.78, 5) is 46.2. The van der Waals surface area contributed by atoms with Crippen molar-refractivity contribution in [3.05, 3.63) is 35.9 Å². The molecule has 210 valence electrons. The molecule has 0 radical (unpaired) electrons. The van der Waals surface area contributed by atoms with Crippen molar-refractivity contribution in [1.29, 1.82) is 0 Å². The molecule has 4 aliphatic heterocycles. The SMILES string of the molecule is O=C(CN1CCCC1)N1CCN(C(=O)OCc2ccccc2)CC1.O=C(CN1CCCC1)N1CCNCC1. The molecule has 1 N–H and O–H groups in total. The highest BCUT2D eigenvalue weighted by Crippen LogP contribution is 2.11. The number of benzene rings is 1. The van der Waals surface area contributed by atoms with Crippen molar-refractivity contribution in [2.45, 2.75) is 32.3 Å². The van der Waals surface area contributed by atoms with Gasteiger partial charge in [-0.3, -0.25) is 19.4 Å². The monoisotopic (exact) mass is 528 g/mol. The van der Waals surface area contributed by atoms with Gasteiger partial charge in [0.05, 0.1) is 13.1 Å². The number of amides is 3. The van der Waals surface area contributed by atoms with Crippen molar-refractivity contribution in [3.8, 4) is 0 Å². The number of ether oxygens (including phenoxy) is 1. The number of hydrogen-bond donors (Lipinski definition) is 1. The third-order valence-corrected chi connectivity index (χ3v) is 7.68. The summed E-state index contributed by atoms with van der Waals surface area (Å²) >= 11 is 0. The Hall–Kier alpha value is -2.69. The van der Waals surface area contributed by atoms with Crippen molar-refractivity contribution in [2.24, 2.45) is 0 Å². The van der Waals surface area contributed by atoms with Crippen LogP contribution < -0.4 is 5.32 Å². The van der Waals surface area contributed by atoms with E-state index in [1.165, 1.54) is 25.7 Å². The van der Waals surface area contributed by atoms with Gasteiger partial charge in [0.2, 0.25) is 11.8 Å². The molecule has 4 saturated heterocycles. The van der Waals surface area contributed by atoms with Crippen LogP contribution >= 0.6 is 0 Å². The number of hydrogen-bond acceptors (Lipinski definition) is 7. The Morgan fingerprint density at radius 3 is 1.63 bits per heavy atom. The number of nitrogens with one attached hydrogen (secondary N) is 1. The van der Waals surface area contributed by atoms with Crippen molar-refractivity contribution in [3.63, 3.8) is 0 Å². The van der Waals surface area contributed by atoms with Crippen LogP contribution in [0.25, 0.3) is 0 Å². The van der Waals surface area contributed by atoms with E-state index in [1.807, 2.05) is 40.1 Å². The van der Waals surface area contributed by atoms with Gasteiger partial charge >= 0.3 is 6.09 Å². The van der Waals surface area contributed by atoms with E-state index in [0.717, 1.165) is 57.9 Å². The maximum absolute atomic E-state index is 12.3. The average molecular weight is 529 g/mol. The number of carbonyl (C=O) groups is 3. The molecule has 0 atom stereocenters. The first-order valence-electron chi connectivity index (χ1n) is 14.2. The van der Waals surface area contributed by atoms with Gasteiger partial charge in [0.1, 0.15) is 6.61 Å². The third-order valence-electron chi connectivity index (χ3n) is 7.68. The Balaban J connectivity index is 0.000000204. The van der Waals surface area contributed by atoms with Crippen LogP contribution in [0.2, 0.25) is 0 Å². The fourth-order valence-corrected chi connectivity index (χ4v) is 5.33. The van der Waals surface area contributed by atoms with Gasteiger partial charge in [0.25, 0.3) is 0 Å². The second-order valence-electron chi connectivity index (χ2n) is 10.5. The Morgan fingerprint density at radius 1 is 0.632 bits per heavy atom. The lowest BCUT2D eigenvalue weighted by atomic mass is 10.2. The first-order valence-corrected chi connectivity index (χ1v) is 14.2. The second kappa shape index (κ2) is 15.0. The minimum atomic E-state index is -0.300. The molecule has 5 rings (SSSR count). The summed E-state index contributed by atoms with van der Waals surface area (Å²) in [6, 6.07) is 9.65. The largest absolute Gasteiger partial charge is 0.445 e. The zero-order chi connectivity index (χ0) is 26.6. The number of nitrogens with zero attached hydrogens (tertiary/aromatic N) is 5. The van der Waals surface area contributed by atoms with Crippen molar-refractivity contribution < 1.29 is 19.1 Å². The number of likely N-dealkylation sites (tertiary alicyclic amines) is 2. The minimum Gasteiger partial charge on any atom is -0.445 e. The molecular formula is C28H44N6O4. The molecule has 0 aliphatic carbocycles. The van der Waals surface area contributed by atoms with Gasteiger partial charge in [-0.2, -0.15) is 0 Å². The molecular weight excluding hydrogens is 484 g/mol. The third kappa shape index (κ3) is 8.96. The Bertz CT molecular complexity index is 875. The molecule has 38 heavy (non-hydrogen) atoms. The highest BCUT2D eigenvalue weighted by atomic mass is 16.6. The summed E-state index contributed by atoms with van der Waals surface area (Å²) in [6.45, 7) is 11.6.